The average Bonchev–Trinajstić information content (AvgIpc) is 3.06. The first-order valence-electron chi connectivity index (χ1n) is 9.54. The lowest BCUT2D eigenvalue weighted by Crippen LogP contribution is -2.03. The second-order valence-electron chi connectivity index (χ2n) is 6.88. The summed E-state index contributed by atoms with van der Waals surface area (Å²) in [6.45, 7) is 1.91. The molecule has 0 aliphatic carbocycles. The van der Waals surface area contributed by atoms with Gasteiger partial charge in [-0.1, -0.05) is 29.4 Å². The van der Waals surface area contributed by atoms with E-state index < -0.39 is 12.6 Å². The second-order valence-corrected chi connectivity index (χ2v) is 6.88. The van der Waals surface area contributed by atoms with E-state index in [1.54, 1.807) is 6.21 Å². The van der Waals surface area contributed by atoms with E-state index in [0.29, 0.717) is 13.0 Å². The number of hydrogen-bond donors (Lipinski definition) is 2. The molecule has 0 saturated carbocycles. The predicted octanol–water partition coefficient (Wildman–Crippen LogP) is 4.23. The highest BCUT2D eigenvalue weighted by molar-refractivity contribution is 5.88. The smallest absolute Gasteiger partial charge is 0.344 e. The van der Waals surface area contributed by atoms with Gasteiger partial charge < -0.3 is 19.7 Å². The zero-order chi connectivity index (χ0) is 20.9. The van der Waals surface area contributed by atoms with Crippen LogP contribution in [0.3, 0.4) is 0 Å². The van der Waals surface area contributed by atoms with E-state index in [1.165, 1.54) is 0 Å². The Morgan fingerprint density at radius 2 is 2.07 bits per heavy atom. The van der Waals surface area contributed by atoms with E-state index in [4.69, 9.17) is 14.7 Å². The number of fused-ring (bicyclic) bond motifs is 2. The van der Waals surface area contributed by atoms with Crippen molar-refractivity contribution >= 4 is 34.0 Å². The first kappa shape index (κ1) is 19.4. The fraction of sp³-hybridized carbons (Fsp3) is 0.174. The van der Waals surface area contributed by atoms with E-state index in [1.807, 2.05) is 61.5 Å². The molecule has 152 valence electrons. The SMILES string of the molecule is Cc1[nH]c2ccc(OCc3ccc4ccccc4n3)cc2c1CC=NOCC(=O)O. The van der Waals surface area contributed by atoms with Crippen molar-refractivity contribution in [1.82, 2.24) is 9.97 Å². The third-order valence-electron chi connectivity index (χ3n) is 4.77. The van der Waals surface area contributed by atoms with E-state index in [-0.39, 0.29) is 0 Å². The lowest BCUT2D eigenvalue weighted by atomic mass is 10.1. The molecule has 0 spiro atoms. The van der Waals surface area contributed by atoms with Gasteiger partial charge >= 0.3 is 5.97 Å². The maximum Gasteiger partial charge on any atom is 0.344 e. The molecule has 0 aliphatic heterocycles. The summed E-state index contributed by atoms with van der Waals surface area (Å²) in [5.74, 6) is -0.310. The van der Waals surface area contributed by atoms with Crippen LogP contribution in [0.25, 0.3) is 21.8 Å². The van der Waals surface area contributed by atoms with Gasteiger partial charge in [0, 0.05) is 34.6 Å². The Labute approximate surface area is 173 Å². The number of para-hydroxylation sites is 1. The molecule has 7 heteroatoms. The van der Waals surface area contributed by atoms with E-state index in [9.17, 15) is 4.79 Å². The second kappa shape index (κ2) is 8.65. The van der Waals surface area contributed by atoms with Crippen LogP contribution in [-0.2, 0) is 22.7 Å². The number of aliphatic carboxylic acids is 1. The van der Waals surface area contributed by atoms with Crippen molar-refractivity contribution in [2.24, 2.45) is 5.16 Å². The molecule has 30 heavy (non-hydrogen) atoms. The van der Waals surface area contributed by atoms with Gasteiger partial charge in [-0.2, -0.15) is 0 Å². The minimum atomic E-state index is -1.06. The number of carbonyl (C=O) groups is 1. The van der Waals surface area contributed by atoms with Gasteiger partial charge in [-0.05, 0) is 42.8 Å². The number of H-pyrrole nitrogens is 1. The minimum absolute atomic E-state index is 0.375. The maximum atomic E-state index is 10.5. The lowest BCUT2D eigenvalue weighted by Gasteiger charge is -2.07. The Hall–Kier alpha value is -3.87. The zero-order valence-electron chi connectivity index (χ0n) is 16.5. The van der Waals surface area contributed by atoms with Crippen LogP contribution in [0.5, 0.6) is 5.75 Å². The highest BCUT2D eigenvalue weighted by Crippen LogP contribution is 2.27. The molecule has 0 radical (unpaired) electrons. The molecular formula is C23H21N3O4. The summed E-state index contributed by atoms with van der Waals surface area (Å²) < 4.78 is 5.98. The molecule has 2 heterocycles. The zero-order valence-corrected chi connectivity index (χ0v) is 16.5. The molecular weight excluding hydrogens is 382 g/mol. The largest absolute Gasteiger partial charge is 0.487 e. The number of carboxylic acid groups (broad SMARTS) is 1. The summed E-state index contributed by atoms with van der Waals surface area (Å²) in [5, 5.41) is 14.4. The van der Waals surface area contributed by atoms with Crippen molar-refractivity contribution in [3.8, 4) is 5.75 Å². The Balaban J connectivity index is 1.48. The van der Waals surface area contributed by atoms with E-state index in [0.717, 1.165) is 44.5 Å². The van der Waals surface area contributed by atoms with Crippen LogP contribution in [0.2, 0.25) is 0 Å². The summed E-state index contributed by atoms with van der Waals surface area (Å²) in [5.41, 5.74) is 4.88. The van der Waals surface area contributed by atoms with Crippen LogP contribution < -0.4 is 4.74 Å². The Morgan fingerprint density at radius 3 is 2.93 bits per heavy atom. The number of hydrogen-bond acceptors (Lipinski definition) is 5. The molecule has 4 rings (SSSR count). The molecule has 4 aromatic rings. The number of rotatable bonds is 8. The summed E-state index contributed by atoms with van der Waals surface area (Å²) in [6, 6.07) is 17.9. The molecule has 7 nitrogen and oxygen atoms in total. The van der Waals surface area contributed by atoms with Crippen molar-refractivity contribution in [3.05, 3.63) is 71.5 Å². The fourth-order valence-electron chi connectivity index (χ4n) is 3.33. The molecule has 0 saturated heterocycles. The summed E-state index contributed by atoms with van der Waals surface area (Å²) >= 11 is 0. The van der Waals surface area contributed by atoms with Gasteiger partial charge in [-0.25, -0.2) is 9.78 Å². The van der Waals surface area contributed by atoms with Gasteiger partial charge in [0.15, 0.2) is 0 Å². The lowest BCUT2D eigenvalue weighted by molar-refractivity contribution is -0.142. The van der Waals surface area contributed by atoms with Crippen LogP contribution in [0, 0.1) is 6.92 Å². The Kier molecular flexibility index (Phi) is 5.61. The van der Waals surface area contributed by atoms with Gasteiger partial charge in [0.05, 0.1) is 11.2 Å². The summed E-state index contributed by atoms with van der Waals surface area (Å²) in [4.78, 5) is 23.2. The number of aromatic nitrogens is 2. The van der Waals surface area contributed by atoms with Gasteiger partial charge in [0.25, 0.3) is 0 Å². The normalized spacial score (nSPS) is 11.4. The van der Waals surface area contributed by atoms with Crippen molar-refractivity contribution < 1.29 is 19.5 Å². The minimum Gasteiger partial charge on any atom is -0.487 e. The Morgan fingerprint density at radius 1 is 1.20 bits per heavy atom. The van der Waals surface area contributed by atoms with E-state index in [2.05, 4.69) is 15.1 Å². The van der Waals surface area contributed by atoms with E-state index >= 15 is 0 Å². The Bertz CT molecular complexity index is 1230. The van der Waals surface area contributed by atoms with Crippen molar-refractivity contribution in [2.45, 2.75) is 20.0 Å². The standard InChI is InChI=1S/C23H21N3O4/c1-15-19(10-11-24-30-14-23(27)28)20-12-18(8-9-22(20)25-15)29-13-17-7-6-16-4-2-3-5-21(16)26-17/h2-9,11-12,25H,10,13-14H2,1H3,(H,27,28). The van der Waals surface area contributed by atoms with Crippen LogP contribution in [-0.4, -0.2) is 33.9 Å². The molecule has 2 aromatic heterocycles. The number of aromatic amines is 1. The average molecular weight is 403 g/mol. The molecule has 0 aliphatic rings. The molecule has 0 bridgehead atoms. The number of pyridine rings is 1. The molecule has 2 N–H and O–H groups in total. The van der Waals surface area contributed by atoms with Gasteiger partial charge in [-0.15, -0.1) is 0 Å². The summed E-state index contributed by atoms with van der Waals surface area (Å²) in [6.07, 6.45) is 2.08. The van der Waals surface area contributed by atoms with Crippen molar-refractivity contribution in [1.29, 1.82) is 0 Å². The quantitative estimate of drug-likeness (QED) is 0.339. The number of nitrogens with one attached hydrogen (secondary N) is 1. The van der Waals surface area contributed by atoms with Crippen LogP contribution >= 0.6 is 0 Å². The van der Waals surface area contributed by atoms with Crippen LogP contribution in [0.4, 0.5) is 0 Å². The molecule has 0 unspecified atom stereocenters. The van der Waals surface area contributed by atoms with Gasteiger partial charge in [0.2, 0.25) is 6.61 Å². The first-order chi connectivity index (χ1) is 14.6. The topological polar surface area (TPSA) is 96.8 Å². The maximum absolute atomic E-state index is 10.5. The number of oxime groups is 1. The number of ether oxygens (including phenoxy) is 1. The van der Waals surface area contributed by atoms with Crippen LogP contribution in [0.1, 0.15) is 17.0 Å². The van der Waals surface area contributed by atoms with Crippen molar-refractivity contribution in [2.75, 3.05) is 6.61 Å². The molecule has 0 fully saturated rings. The third kappa shape index (κ3) is 4.41. The fourth-order valence-corrected chi connectivity index (χ4v) is 3.33. The summed E-state index contributed by atoms with van der Waals surface area (Å²) in [7, 11) is 0. The highest BCUT2D eigenvalue weighted by Gasteiger charge is 2.09. The highest BCUT2D eigenvalue weighted by atomic mass is 16.6. The molecule has 0 atom stereocenters. The monoisotopic (exact) mass is 403 g/mol. The number of aryl methyl sites for hydroxylation is 1. The first-order valence-corrected chi connectivity index (χ1v) is 9.54. The van der Waals surface area contributed by atoms with Crippen LogP contribution in [0.15, 0.2) is 59.8 Å². The predicted molar refractivity (Wildman–Crippen MR) is 115 cm³/mol. The number of carboxylic acids is 1. The van der Waals surface area contributed by atoms with Gasteiger partial charge in [-0.3, -0.25) is 0 Å². The van der Waals surface area contributed by atoms with Crippen molar-refractivity contribution in [3.63, 3.8) is 0 Å². The number of benzene rings is 2. The molecule has 2 aromatic carbocycles. The molecule has 0 amide bonds. The number of nitrogens with zero attached hydrogens (tertiary/aromatic N) is 2. The van der Waals surface area contributed by atoms with Gasteiger partial charge in [0.1, 0.15) is 12.4 Å². The third-order valence-corrected chi connectivity index (χ3v) is 4.77.